The van der Waals surface area contributed by atoms with Crippen molar-refractivity contribution in [3.8, 4) is 0 Å². The topological polar surface area (TPSA) is 20.2 Å². The zero-order valence-electron chi connectivity index (χ0n) is 9.37. The maximum atomic E-state index is 10.4. The number of thioether (sulfide) groups is 1. The number of aliphatic hydroxyl groups is 1. The molecule has 3 rings (SSSR count). The van der Waals surface area contributed by atoms with Crippen LogP contribution in [0.2, 0.25) is 0 Å². The third-order valence-electron chi connectivity index (χ3n) is 3.19. The molecule has 2 aromatic rings. The van der Waals surface area contributed by atoms with Crippen LogP contribution >= 0.6 is 23.1 Å². The lowest BCUT2D eigenvalue weighted by molar-refractivity contribution is 0.152. The first-order valence-corrected chi connectivity index (χ1v) is 7.63. The lowest BCUT2D eigenvalue weighted by Crippen LogP contribution is -2.20. The van der Waals surface area contributed by atoms with Gasteiger partial charge in [0.1, 0.15) is 0 Å². The van der Waals surface area contributed by atoms with Gasteiger partial charge in [-0.1, -0.05) is 24.3 Å². The Labute approximate surface area is 110 Å². The number of thiophene rings is 1. The van der Waals surface area contributed by atoms with Crippen LogP contribution < -0.4 is 0 Å². The lowest BCUT2D eigenvalue weighted by Gasteiger charge is -2.17. The molecule has 0 amide bonds. The highest BCUT2D eigenvalue weighted by atomic mass is 32.2. The number of fused-ring (bicyclic) bond motifs is 1. The average molecular weight is 262 g/mol. The van der Waals surface area contributed by atoms with Gasteiger partial charge in [-0.25, -0.2) is 0 Å². The van der Waals surface area contributed by atoms with E-state index in [1.807, 2.05) is 17.8 Å². The normalized spacial score (nSPS) is 20.2. The van der Waals surface area contributed by atoms with Gasteiger partial charge in [0, 0.05) is 27.9 Å². The van der Waals surface area contributed by atoms with E-state index < -0.39 is 0 Å². The molecule has 3 heteroatoms. The Morgan fingerprint density at radius 3 is 2.94 bits per heavy atom. The summed E-state index contributed by atoms with van der Waals surface area (Å²) in [7, 11) is 0. The molecular formula is C14H14OS2. The summed E-state index contributed by atoms with van der Waals surface area (Å²) in [6.45, 7) is 0. The van der Waals surface area contributed by atoms with Crippen LogP contribution in [-0.2, 0) is 6.42 Å². The summed E-state index contributed by atoms with van der Waals surface area (Å²) in [5, 5.41) is 12.4. The third-order valence-corrected chi connectivity index (χ3v) is 5.30. The summed E-state index contributed by atoms with van der Waals surface area (Å²) >= 11 is 3.58. The molecule has 0 bridgehead atoms. The molecule has 1 aromatic heterocycles. The number of aliphatic hydroxyl groups excluding tert-OH is 1. The molecule has 1 aliphatic heterocycles. The summed E-state index contributed by atoms with van der Waals surface area (Å²) in [6.07, 6.45) is 0.516. The van der Waals surface area contributed by atoms with Crippen molar-refractivity contribution in [1.82, 2.24) is 0 Å². The minimum absolute atomic E-state index is 0.259. The van der Waals surface area contributed by atoms with E-state index in [4.69, 9.17) is 0 Å². The van der Waals surface area contributed by atoms with Crippen LogP contribution in [0.25, 0.3) is 0 Å². The first kappa shape index (κ1) is 11.3. The van der Waals surface area contributed by atoms with Crippen molar-refractivity contribution in [2.75, 3.05) is 5.75 Å². The van der Waals surface area contributed by atoms with Crippen LogP contribution in [-0.4, -0.2) is 17.0 Å². The van der Waals surface area contributed by atoms with E-state index in [9.17, 15) is 5.11 Å². The quantitative estimate of drug-likeness (QED) is 0.913. The van der Waals surface area contributed by atoms with Crippen LogP contribution in [0, 0.1) is 0 Å². The summed E-state index contributed by atoms with van der Waals surface area (Å²) < 4.78 is 0. The Kier molecular flexibility index (Phi) is 3.23. The number of hydrogen-bond acceptors (Lipinski definition) is 3. The monoisotopic (exact) mass is 262 g/mol. The number of hydrogen-bond donors (Lipinski definition) is 1. The van der Waals surface area contributed by atoms with Crippen molar-refractivity contribution >= 4 is 23.1 Å². The molecule has 1 aromatic carbocycles. The fourth-order valence-electron chi connectivity index (χ4n) is 2.28. The van der Waals surface area contributed by atoms with E-state index in [2.05, 4.69) is 35.7 Å². The summed E-state index contributed by atoms with van der Waals surface area (Å²) in [5.74, 6) is 1.30. The molecule has 1 aliphatic rings. The van der Waals surface area contributed by atoms with E-state index in [1.54, 1.807) is 11.3 Å². The second kappa shape index (κ2) is 4.84. The predicted molar refractivity (Wildman–Crippen MR) is 73.9 cm³/mol. The van der Waals surface area contributed by atoms with Crippen LogP contribution in [0.5, 0.6) is 0 Å². The molecule has 0 radical (unpaired) electrons. The van der Waals surface area contributed by atoms with Crippen molar-refractivity contribution < 1.29 is 5.11 Å². The minimum Gasteiger partial charge on any atom is -0.392 e. The zero-order valence-corrected chi connectivity index (χ0v) is 11.0. The Balaban J connectivity index is 1.78. The molecule has 17 heavy (non-hydrogen) atoms. The van der Waals surface area contributed by atoms with Crippen molar-refractivity contribution in [3.05, 3.63) is 52.2 Å². The van der Waals surface area contributed by atoms with Gasteiger partial charge >= 0.3 is 0 Å². The van der Waals surface area contributed by atoms with Crippen molar-refractivity contribution in [2.24, 2.45) is 0 Å². The summed E-state index contributed by atoms with van der Waals surface area (Å²) in [4.78, 5) is 2.61. The zero-order chi connectivity index (χ0) is 11.7. The molecule has 0 aliphatic carbocycles. The van der Waals surface area contributed by atoms with E-state index in [0.29, 0.717) is 5.92 Å². The van der Waals surface area contributed by atoms with E-state index in [1.165, 1.54) is 15.3 Å². The van der Waals surface area contributed by atoms with Crippen molar-refractivity contribution in [3.63, 3.8) is 0 Å². The van der Waals surface area contributed by atoms with Crippen LogP contribution in [0.3, 0.4) is 0 Å². The highest BCUT2D eigenvalue weighted by Gasteiger charge is 2.29. The Bertz CT molecular complexity index is 493. The maximum absolute atomic E-state index is 10.4. The second-order valence-corrected chi connectivity index (χ2v) is 6.40. The summed E-state index contributed by atoms with van der Waals surface area (Å²) in [6, 6.07) is 12.6. The first-order valence-electron chi connectivity index (χ1n) is 5.77. The van der Waals surface area contributed by atoms with Crippen molar-refractivity contribution in [2.45, 2.75) is 23.3 Å². The predicted octanol–water partition coefficient (Wildman–Crippen LogP) is 3.54. The van der Waals surface area contributed by atoms with Gasteiger partial charge in [0.05, 0.1) is 6.10 Å². The third kappa shape index (κ3) is 2.28. The molecule has 88 valence electrons. The fourth-order valence-corrected chi connectivity index (χ4v) is 4.36. The maximum Gasteiger partial charge on any atom is 0.0665 e. The van der Waals surface area contributed by atoms with Crippen LogP contribution in [0.15, 0.2) is 46.7 Å². The molecule has 1 N–H and O–H groups in total. The Morgan fingerprint density at radius 1 is 1.24 bits per heavy atom. The first-order chi connectivity index (χ1) is 8.34. The van der Waals surface area contributed by atoms with Gasteiger partial charge < -0.3 is 5.11 Å². The smallest absolute Gasteiger partial charge is 0.0665 e. The minimum atomic E-state index is -0.259. The largest absolute Gasteiger partial charge is 0.392 e. The van der Waals surface area contributed by atoms with E-state index >= 15 is 0 Å². The molecule has 2 atom stereocenters. The van der Waals surface area contributed by atoms with Gasteiger partial charge in [-0.2, -0.15) is 0 Å². The molecule has 2 heterocycles. The fraction of sp³-hybridized carbons (Fsp3) is 0.286. The molecule has 0 spiro atoms. The van der Waals surface area contributed by atoms with Gasteiger partial charge in [0.15, 0.2) is 0 Å². The average Bonchev–Trinajstić information content (AvgIpc) is 2.96. The van der Waals surface area contributed by atoms with E-state index in [0.717, 1.165) is 12.2 Å². The van der Waals surface area contributed by atoms with Gasteiger partial charge in [0.25, 0.3) is 0 Å². The Hall–Kier alpha value is -0.770. The molecule has 0 fully saturated rings. The van der Waals surface area contributed by atoms with Gasteiger partial charge in [-0.05, 0) is 23.1 Å². The van der Waals surface area contributed by atoms with Gasteiger partial charge in [0.2, 0.25) is 0 Å². The highest BCUT2D eigenvalue weighted by molar-refractivity contribution is 7.99. The SMILES string of the molecule is OC(Cc1cccs1)C1CSc2ccccc21. The standard InChI is InChI=1S/C14H14OS2/c15-13(8-10-4-3-7-16-10)12-9-17-14-6-2-1-5-11(12)14/h1-7,12-13,15H,8-9H2. The molecule has 0 saturated heterocycles. The lowest BCUT2D eigenvalue weighted by atomic mass is 9.93. The van der Waals surface area contributed by atoms with Gasteiger partial charge in [-0.3, -0.25) is 0 Å². The summed E-state index contributed by atoms with van der Waals surface area (Å²) in [5.41, 5.74) is 1.32. The molecule has 1 nitrogen and oxygen atoms in total. The molecule has 2 unspecified atom stereocenters. The Morgan fingerprint density at radius 2 is 2.12 bits per heavy atom. The van der Waals surface area contributed by atoms with Crippen LogP contribution in [0.1, 0.15) is 16.4 Å². The van der Waals surface area contributed by atoms with Crippen molar-refractivity contribution in [1.29, 1.82) is 0 Å². The molecular weight excluding hydrogens is 248 g/mol. The van der Waals surface area contributed by atoms with Crippen LogP contribution in [0.4, 0.5) is 0 Å². The number of rotatable bonds is 3. The highest BCUT2D eigenvalue weighted by Crippen LogP contribution is 2.41. The molecule has 0 saturated carbocycles. The van der Waals surface area contributed by atoms with Gasteiger partial charge in [-0.15, -0.1) is 23.1 Å². The number of benzene rings is 1. The van der Waals surface area contributed by atoms with E-state index in [-0.39, 0.29) is 6.10 Å². The second-order valence-electron chi connectivity index (χ2n) is 4.31.